The number of carboxylic acids is 4. The van der Waals surface area contributed by atoms with Crippen molar-refractivity contribution in [1.82, 2.24) is 31.2 Å². The minimum Gasteiger partial charge on any atom is -0.492 e. The number of nitrogens with two attached hydrogens (primary N) is 3. The van der Waals surface area contributed by atoms with E-state index < -0.39 is 102 Å². The molecular weight excluding hydrogens is 1360 g/mol. The lowest BCUT2D eigenvalue weighted by molar-refractivity contribution is -0.193. The summed E-state index contributed by atoms with van der Waals surface area (Å²) in [4.78, 5) is 112. The van der Waals surface area contributed by atoms with E-state index in [2.05, 4.69) is 59.2 Å². The molecule has 14 N–H and O–H groups in total. The standard InChI is InChI=1S/C49H62N10O7S2.4C2HF3O2/c1-29-23-39(33-10-7-31(8-11-33)28-67-68-49(3,4)5)55-27-37(29)45(61)57-38(15-16-50)48(64)59(6)43-34-12-14-42(66-22-19-53)36(26-34)35-24-32(9-13-41(35)65-21-18-52)25-40(46(62)54-20-17-51)58-44(60)30(2)56-47(43)63;4*3-2(4,5)1(6)7/h7-14,23-24,26-27,30,38,40,43H,15-16,18-22,25,28,50,52-53H2,1-6H3,(H,54,62)(H,56,63)(H,57,61)(H,58,60);4*(H,6,7)/t30-,38-,40-,43-;;;;/m0..../s1. The van der Waals surface area contributed by atoms with E-state index in [4.69, 9.17) is 66.3 Å². The molecule has 39 heteroatoms. The van der Waals surface area contributed by atoms with E-state index >= 15 is 0 Å². The molecule has 0 radical (unpaired) electrons. The summed E-state index contributed by atoms with van der Waals surface area (Å²) >= 11 is 0. The molecule has 25 nitrogen and oxygen atoms in total. The van der Waals surface area contributed by atoms with Gasteiger partial charge in [0.15, 0.2) is 0 Å². The highest BCUT2D eigenvalue weighted by molar-refractivity contribution is 8.76. The first-order valence-corrected chi connectivity index (χ1v) is 29.6. The van der Waals surface area contributed by atoms with Crippen LogP contribution < -0.4 is 47.9 Å². The zero-order valence-corrected chi connectivity index (χ0v) is 52.9. The van der Waals surface area contributed by atoms with Crippen molar-refractivity contribution in [1.29, 1.82) is 5.26 Å². The fraction of sp³-hybridized carbons (Fsp3) is 0.421. The van der Waals surface area contributed by atoms with Crippen molar-refractivity contribution in [2.24, 2.45) is 17.2 Å². The fourth-order valence-electron chi connectivity index (χ4n) is 7.36. The quantitative estimate of drug-likeness (QED) is 0.0290. The number of aromatic nitrogens is 1. The van der Waals surface area contributed by atoms with E-state index in [9.17, 15) is 81.9 Å². The Labute approximate surface area is 546 Å². The zero-order valence-electron chi connectivity index (χ0n) is 51.3. The molecule has 0 saturated heterocycles. The number of hydrogen-bond acceptors (Lipinski definition) is 18. The SMILES string of the molecule is Cc1cc(-c2ccc(CSSC(C)(C)C)cc2)ncc1C(=O)N[C@@H](CCN)C(=O)N(C)[C@@H]1C(=O)N[C@@H](C)C(=O)N[C@H](C(=O)NCC#N)Cc2ccc(OCCN)c(c2)-c2cc1ccc2OCCN.O=C(O)C(F)(F)F.O=C(O)C(F)(F)F.O=C(O)C(F)(F)F.O=C(O)C(F)(F)F. The van der Waals surface area contributed by atoms with Gasteiger partial charge in [0.2, 0.25) is 23.6 Å². The van der Waals surface area contributed by atoms with Crippen LogP contribution in [0.1, 0.15) is 72.8 Å². The van der Waals surface area contributed by atoms with E-state index in [-0.39, 0.29) is 62.5 Å². The Hall–Kier alpha value is -9.13. The number of halogens is 12. The van der Waals surface area contributed by atoms with Gasteiger partial charge in [0.05, 0.1) is 17.3 Å². The van der Waals surface area contributed by atoms with Gasteiger partial charge < -0.3 is 73.3 Å². The van der Waals surface area contributed by atoms with Crippen molar-refractivity contribution in [3.05, 3.63) is 101 Å². The smallest absolute Gasteiger partial charge is 0.490 e. The highest BCUT2D eigenvalue weighted by Crippen LogP contribution is 2.41. The number of amides is 5. The van der Waals surface area contributed by atoms with Crippen LogP contribution >= 0.6 is 21.6 Å². The number of carbonyl (C=O) groups excluding carboxylic acids is 5. The van der Waals surface area contributed by atoms with Crippen LogP contribution in [-0.4, -0.2) is 178 Å². The number of benzene rings is 3. The molecule has 0 spiro atoms. The normalized spacial score (nSPS) is 15.0. The number of pyridine rings is 1. The molecule has 4 aromatic rings. The number of aliphatic carboxylic acids is 4. The summed E-state index contributed by atoms with van der Waals surface area (Å²) in [6.45, 7) is 10.2. The van der Waals surface area contributed by atoms with Crippen LogP contribution in [0, 0.1) is 18.3 Å². The molecule has 5 amide bonds. The van der Waals surface area contributed by atoms with Crippen LogP contribution in [0.15, 0.2) is 72.9 Å². The Morgan fingerprint density at radius 2 is 1.20 bits per heavy atom. The van der Waals surface area contributed by atoms with Gasteiger partial charge >= 0.3 is 48.6 Å². The van der Waals surface area contributed by atoms with E-state index in [0.29, 0.717) is 45.0 Å². The van der Waals surface area contributed by atoms with Crippen LogP contribution in [0.5, 0.6) is 11.5 Å². The summed E-state index contributed by atoms with van der Waals surface area (Å²) in [6, 6.07) is 17.1. The molecular formula is C57H66F12N10O15S2. The molecule has 0 aliphatic carbocycles. The molecule has 1 aliphatic heterocycles. The second-order valence-electron chi connectivity index (χ2n) is 20.4. The van der Waals surface area contributed by atoms with Crippen LogP contribution in [0.25, 0.3) is 22.4 Å². The second-order valence-corrected chi connectivity index (χ2v) is 23.6. The minimum atomic E-state index is -5.08. The number of likely N-dealkylation sites (N-methyl/N-ethyl adjacent to an activating group) is 1. The van der Waals surface area contributed by atoms with Crippen LogP contribution in [0.4, 0.5) is 52.7 Å². The molecule has 2 heterocycles. The van der Waals surface area contributed by atoms with Gasteiger partial charge in [0.25, 0.3) is 5.91 Å². The van der Waals surface area contributed by atoms with E-state index in [1.807, 2.05) is 35.1 Å². The third kappa shape index (κ3) is 29.7. The predicted molar refractivity (Wildman–Crippen MR) is 321 cm³/mol. The van der Waals surface area contributed by atoms with E-state index in [0.717, 1.165) is 11.3 Å². The molecule has 5 rings (SSSR count). The van der Waals surface area contributed by atoms with Gasteiger partial charge in [-0.05, 0) is 79.4 Å². The number of ether oxygens (including phenoxy) is 2. The van der Waals surface area contributed by atoms with Crippen molar-refractivity contribution >= 4 is 75.0 Å². The molecule has 3 aromatic carbocycles. The Kier molecular flexibility index (Phi) is 34.0. The predicted octanol–water partition coefficient (Wildman–Crippen LogP) is 6.44. The molecule has 4 bridgehead atoms. The number of rotatable bonds is 18. The van der Waals surface area contributed by atoms with Crippen LogP contribution in [0.2, 0.25) is 0 Å². The molecule has 0 unspecified atom stereocenters. The molecule has 1 aliphatic rings. The van der Waals surface area contributed by atoms with Crippen molar-refractivity contribution in [2.45, 2.75) is 107 Å². The maximum absolute atomic E-state index is 14.7. The molecule has 4 atom stereocenters. The van der Waals surface area contributed by atoms with Crippen molar-refractivity contribution in [2.75, 3.05) is 46.4 Å². The highest BCUT2D eigenvalue weighted by atomic mass is 33.1. The largest absolute Gasteiger partial charge is 0.492 e. The Bertz CT molecular complexity index is 3270. The van der Waals surface area contributed by atoms with Gasteiger partial charge in [-0.15, -0.1) is 0 Å². The van der Waals surface area contributed by atoms with Gasteiger partial charge in [-0.25, -0.2) is 19.2 Å². The van der Waals surface area contributed by atoms with E-state index in [1.54, 1.807) is 54.1 Å². The van der Waals surface area contributed by atoms with Gasteiger partial charge in [0.1, 0.15) is 55.4 Å². The van der Waals surface area contributed by atoms with Crippen molar-refractivity contribution < 1.29 is 126 Å². The number of carboxylic acid groups (broad SMARTS) is 4. The summed E-state index contributed by atoms with van der Waals surface area (Å²) in [7, 11) is 5.06. The Balaban J connectivity index is 0.00000136. The minimum absolute atomic E-state index is 0.00506. The summed E-state index contributed by atoms with van der Waals surface area (Å²) in [5.74, 6) is -12.7. The lowest BCUT2D eigenvalue weighted by atomic mass is 9.93. The molecule has 1 aromatic heterocycles. The topological polar surface area (TPSA) is 419 Å². The fourth-order valence-corrected chi connectivity index (χ4v) is 9.75. The monoisotopic (exact) mass is 1420 g/mol. The van der Waals surface area contributed by atoms with Crippen molar-refractivity contribution in [3.8, 4) is 40.0 Å². The average molecular weight is 1420 g/mol. The summed E-state index contributed by atoms with van der Waals surface area (Å²) in [5, 5.41) is 48.5. The Morgan fingerprint density at radius 3 is 1.64 bits per heavy atom. The number of alkyl halides is 12. The molecule has 530 valence electrons. The maximum Gasteiger partial charge on any atom is 0.490 e. The van der Waals surface area contributed by atoms with Gasteiger partial charge in [-0.2, -0.15) is 57.9 Å². The van der Waals surface area contributed by atoms with Gasteiger partial charge in [-0.3, -0.25) is 29.0 Å². The number of nitriles is 1. The lowest BCUT2D eigenvalue weighted by Crippen LogP contribution is -2.56. The lowest BCUT2D eigenvalue weighted by Gasteiger charge is -2.32. The summed E-state index contributed by atoms with van der Waals surface area (Å²) in [6.07, 6.45) is -18.8. The molecule has 96 heavy (non-hydrogen) atoms. The summed E-state index contributed by atoms with van der Waals surface area (Å²) in [5.41, 5.74) is 23.2. The zero-order chi connectivity index (χ0) is 73.9. The molecule has 0 fully saturated rings. The molecule has 0 saturated carbocycles. The third-order valence-electron chi connectivity index (χ3n) is 11.7. The highest BCUT2D eigenvalue weighted by Gasteiger charge is 2.41. The Morgan fingerprint density at radius 1 is 0.719 bits per heavy atom. The number of aryl methyl sites for hydroxylation is 1. The maximum atomic E-state index is 14.7. The number of carbonyl (C=O) groups is 9. The number of nitrogens with zero attached hydrogens (tertiary/aromatic N) is 3. The first-order valence-electron chi connectivity index (χ1n) is 27.3. The van der Waals surface area contributed by atoms with Crippen molar-refractivity contribution in [3.63, 3.8) is 0 Å². The average Bonchev–Trinajstić information content (AvgIpc) is 0.789. The van der Waals surface area contributed by atoms with E-state index in [1.165, 1.54) is 30.6 Å². The van der Waals surface area contributed by atoms with Crippen LogP contribution in [0.3, 0.4) is 0 Å². The number of hydrogen-bond donors (Lipinski definition) is 11. The first-order chi connectivity index (χ1) is 44.2. The number of fused-ring (bicyclic) bond motifs is 5. The van der Waals surface area contributed by atoms with Gasteiger partial charge in [0, 0.05) is 59.9 Å². The summed E-state index contributed by atoms with van der Waals surface area (Å²) < 4.78 is 139. The van der Waals surface area contributed by atoms with Gasteiger partial charge in [-0.1, -0.05) is 78.8 Å². The third-order valence-corrected chi connectivity index (χ3v) is 15.0. The second kappa shape index (κ2) is 38.4. The van der Waals surface area contributed by atoms with Crippen LogP contribution in [-0.2, 0) is 50.5 Å². The first kappa shape index (κ1) is 84.9. The number of nitrogens with one attached hydrogen (secondary N) is 4.